The average molecular weight is 398 g/mol. The molecule has 2 aromatic carbocycles. The fourth-order valence-electron chi connectivity index (χ4n) is 2.30. The van der Waals surface area contributed by atoms with E-state index in [9.17, 15) is 4.79 Å². The van der Waals surface area contributed by atoms with Crippen molar-refractivity contribution < 1.29 is 14.3 Å². The lowest BCUT2D eigenvalue weighted by Gasteiger charge is -2.14. The van der Waals surface area contributed by atoms with Crippen LogP contribution < -0.4 is 14.8 Å². The van der Waals surface area contributed by atoms with Crippen LogP contribution in [0.25, 0.3) is 0 Å². The molecule has 132 valence electrons. The van der Waals surface area contributed by atoms with Gasteiger partial charge in [0.2, 0.25) is 5.91 Å². The normalized spacial score (nSPS) is 14.5. The number of carbonyl (C=O) groups is 1. The number of fused-ring (bicyclic) bond motifs is 1. The van der Waals surface area contributed by atoms with Crippen molar-refractivity contribution in [2.75, 3.05) is 18.5 Å². The van der Waals surface area contributed by atoms with Crippen molar-refractivity contribution in [2.45, 2.75) is 23.5 Å². The Morgan fingerprint density at radius 3 is 2.68 bits per heavy atom. The fourth-order valence-corrected chi connectivity index (χ4v) is 3.54. The summed E-state index contributed by atoms with van der Waals surface area (Å²) in [6.45, 7) is 3.12. The highest BCUT2D eigenvalue weighted by molar-refractivity contribution is 8.00. The van der Waals surface area contributed by atoms with Gasteiger partial charge in [0, 0.05) is 16.3 Å². The first kappa shape index (κ1) is 18.2. The minimum atomic E-state index is -0.320. The second kappa shape index (κ2) is 8.21. The van der Waals surface area contributed by atoms with Crippen LogP contribution in [0.15, 0.2) is 41.3 Å². The molecule has 1 unspecified atom stereocenters. The predicted molar refractivity (Wildman–Crippen MR) is 102 cm³/mol. The van der Waals surface area contributed by atoms with Crippen LogP contribution in [0.4, 0.5) is 5.69 Å². The summed E-state index contributed by atoms with van der Waals surface area (Å²) >= 11 is 13.5. The highest BCUT2D eigenvalue weighted by Crippen LogP contribution is 2.35. The van der Waals surface area contributed by atoms with Gasteiger partial charge in [0.05, 0.1) is 29.2 Å². The van der Waals surface area contributed by atoms with Crippen LogP contribution in [0.3, 0.4) is 0 Å². The summed E-state index contributed by atoms with van der Waals surface area (Å²) in [6, 6.07) is 10.7. The van der Waals surface area contributed by atoms with Gasteiger partial charge < -0.3 is 14.8 Å². The van der Waals surface area contributed by atoms with Crippen LogP contribution in [-0.2, 0) is 4.79 Å². The van der Waals surface area contributed by atoms with E-state index in [1.165, 1.54) is 11.8 Å². The average Bonchev–Trinajstić information content (AvgIpc) is 2.83. The highest BCUT2D eigenvalue weighted by Gasteiger charge is 2.18. The number of hydrogen-bond donors (Lipinski definition) is 1. The van der Waals surface area contributed by atoms with E-state index in [0.29, 0.717) is 34.7 Å². The Balaban J connectivity index is 1.67. The molecule has 0 radical (unpaired) electrons. The van der Waals surface area contributed by atoms with E-state index in [1.807, 2.05) is 25.1 Å². The van der Waals surface area contributed by atoms with Crippen molar-refractivity contribution in [1.82, 2.24) is 0 Å². The molecule has 0 spiro atoms. The molecule has 3 rings (SSSR count). The molecule has 1 aliphatic rings. The zero-order chi connectivity index (χ0) is 17.8. The van der Waals surface area contributed by atoms with Gasteiger partial charge in [-0.25, -0.2) is 0 Å². The van der Waals surface area contributed by atoms with Gasteiger partial charge in [-0.3, -0.25) is 4.79 Å². The number of amides is 1. The van der Waals surface area contributed by atoms with Gasteiger partial charge in [0.1, 0.15) is 0 Å². The first-order valence-corrected chi connectivity index (χ1v) is 9.49. The van der Waals surface area contributed by atoms with Crippen LogP contribution in [0.5, 0.6) is 11.5 Å². The van der Waals surface area contributed by atoms with Gasteiger partial charge in [-0.15, -0.1) is 11.8 Å². The van der Waals surface area contributed by atoms with Crippen molar-refractivity contribution in [3.8, 4) is 11.5 Å². The van der Waals surface area contributed by atoms with Crippen LogP contribution in [-0.4, -0.2) is 24.4 Å². The molecule has 25 heavy (non-hydrogen) atoms. The van der Waals surface area contributed by atoms with Crippen molar-refractivity contribution in [2.24, 2.45) is 0 Å². The molecule has 2 aromatic rings. The zero-order valence-corrected chi connectivity index (χ0v) is 15.9. The van der Waals surface area contributed by atoms with E-state index in [1.54, 1.807) is 18.2 Å². The summed E-state index contributed by atoms with van der Waals surface area (Å²) in [5, 5.41) is 3.46. The third-order valence-corrected chi connectivity index (χ3v) is 5.25. The number of hydrogen-bond acceptors (Lipinski definition) is 4. The maximum absolute atomic E-state index is 12.4. The largest absolute Gasteiger partial charge is 0.490 e. The van der Waals surface area contributed by atoms with E-state index < -0.39 is 0 Å². The van der Waals surface area contributed by atoms with Gasteiger partial charge in [0.25, 0.3) is 0 Å². The number of thioether (sulfide) groups is 1. The van der Waals surface area contributed by atoms with E-state index in [0.717, 1.165) is 17.1 Å². The molecule has 1 N–H and O–H groups in total. The molecular weight excluding hydrogens is 381 g/mol. The Hall–Kier alpha value is -1.56. The summed E-state index contributed by atoms with van der Waals surface area (Å²) in [4.78, 5) is 13.4. The van der Waals surface area contributed by atoms with Crippen LogP contribution in [0, 0.1) is 0 Å². The van der Waals surface area contributed by atoms with Gasteiger partial charge in [0.15, 0.2) is 11.5 Å². The van der Waals surface area contributed by atoms with E-state index in [4.69, 9.17) is 32.7 Å². The first-order chi connectivity index (χ1) is 12.0. The van der Waals surface area contributed by atoms with Crippen molar-refractivity contribution in [1.29, 1.82) is 0 Å². The molecule has 0 saturated heterocycles. The Kier molecular flexibility index (Phi) is 5.99. The Morgan fingerprint density at radius 1 is 1.12 bits per heavy atom. The Bertz CT molecular complexity index is 785. The molecule has 0 saturated carbocycles. The van der Waals surface area contributed by atoms with E-state index >= 15 is 0 Å². The van der Waals surface area contributed by atoms with Crippen molar-refractivity contribution >= 4 is 46.6 Å². The summed E-state index contributed by atoms with van der Waals surface area (Å²) in [5.41, 5.74) is 0.505. The number of carbonyl (C=O) groups excluding carboxylic acids is 1. The predicted octanol–water partition coefficient (Wildman–Crippen LogP) is 5.27. The smallest absolute Gasteiger partial charge is 0.237 e. The zero-order valence-electron chi connectivity index (χ0n) is 13.6. The molecule has 0 aromatic heterocycles. The van der Waals surface area contributed by atoms with Gasteiger partial charge in [-0.1, -0.05) is 23.2 Å². The Labute approximate surface area is 160 Å². The lowest BCUT2D eigenvalue weighted by atomic mass is 10.3. The molecule has 1 atom stereocenters. The summed E-state index contributed by atoms with van der Waals surface area (Å²) in [6.07, 6.45) is 0.857. The van der Waals surface area contributed by atoms with Crippen molar-refractivity contribution in [3.05, 3.63) is 46.4 Å². The topological polar surface area (TPSA) is 47.6 Å². The molecule has 7 heteroatoms. The second-order valence-corrected chi connectivity index (χ2v) is 7.79. The van der Waals surface area contributed by atoms with Gasteiger partial charge in [-0.05, 0) is 43.3 Å². The SMILES string of the molecule is CC(Sc1ccc2c(c1)OCCCO2)C(=O)Nc1cc(Cl)ccc1Cl. The van der Waals surface area contributed by atoms with Crippen molar-refractivity contribution in [3.63, 3.8) is 0 Å². The minimum absolute atomic E-state index is 0.152. The maximum atomic E-state index is 12.4. The standard InChI is InChI=1S/C18H17Cl2NO3S/c1-11(18(22)21-15-9-12(19)3-5-14(15)20)25-13-4-6-16-17(10-13)24-8-2-7-23-16/h3-6,9-11H,2,7-8H2,1H3,(H,21,22). The van der Waals surface area contributed by atoms with Gasteiger partial charge in [-0.2, -0.15) is 0 Å². The minimum Gasteiger partial charge on any atom is -0.490 e. The fraction of sp³-hybridized carbons (Fsp3) is 0.278. The summed E-state index contributed by atoms with van der Waals surface area (Å²) in [5.74, 6) is 1.30. The molecule has 1 heterocycles. The number of nitrogens with one attached hydrogen (secondary N) is 1. The molecule has 0 aliphatic carbocycles. The molecule has 0 bridgehead atoms. The van der Waals surface area contributed by atoms with Crippen LogP contribution in [0.2, 0.25) is 10.0 Å². The first-order valence-electron chi connectivity index (χ1n) is 7.85. The van der Waals surface area contributed by atoms with Crippen LogP contribution in [0.1, 0.15) is 13.3 Å². The number of anilines is 1. The molecule has 1 aliphatic heterocycles. The third kappa shape index (κ3) is 4.75. The van der Waals surface area contributed by atoms with Gasteiger partial charge >= 0.3 is 0 Å². The summed E-state index contributed by atoms with van der Waals surface area (Å²) < 4.78 is 11.3. The number of ether oxygens (including phenoxy) is 2. The summed E-state index contributed by atoms with van der Waals surface area (Å²) in [7, 11) is 0. The molecule has 4 nitrogen and oxygen atoms in total. The lowest BCUT2D eigenvalue weighted by molar-refractivity contribution is -0.115. The Morgan fingerprint density at radius 2 is 1.88 bits per heavy atom. The van der Waals surface area contributed by atoms with Crippen LogP contribution >= 0.6 is 35.0 Å². The third-order valence-electron chi connectivity index (χ3n) is 3.59. The number of rotatable bonds is 4. The monoisotopic (exact) mass is 397 g/mol. The quantitative estimate of drug-likeness (QED) is 0.713. The highest BCUT2D eigenvalue weighted by atomic mass is 35.5. The molecular formula is C18H17Cl2NO3S. The lowest BCUT2D eigenvalue weighted by Crippen LogP contribution is -2.22. The van der Waals surface area contributed by atoms with E-state index in [2.05, 4.69) is 5.32 Å². The number of halogens is 2. The molecule has 0 fully saturated rings. The van der Waals surface area contributed by atoms with E-state index in [-0.39, 0.29) is 11.2 Å². The number of benzene rings is 2. The maximum Gasteiger partial charge on any atom is 0.237 e. The second-order valence-electron chi connectivity index (χ2n) is 5.53. The molecule has 1 amide bonds.